The SMILES string of the molecule is COC(=O)CCCCCCCCC(=O)Oc1c(C)c(CC=C(C)C)c(OC)c(CO)c1CO. The number of aliphatic hydroxyl groups is 2. The standard InChI is InChI=1S/C26H40O7/c1-18(2)14-15-20-19(3)25(21(16-27)22(17-28)26(20)32-5)33-24(30)13-11-9-7-6-8-10-12-23(29)31-4/h14,27-28H,6-13,15-17H2,1-5H3. The molecule has 0 atom stereocenters. The topological polar surface area (TPSA) is 102 Å². The van der Waals surface area contributed by atoms with Crippen LogP contribution in [0, 0.1) is 6.92 Å². The van der Waals surface area contributed by atoms with E-state index < -0.39 is 0 Å². The molecule has 7 heteroatoms. The van der Waals surface area contributed by atoms with Gasteiger partial charge in [-0.05, 0) is 45.6 Å². The first-order chi connectivity index (χ1) is 15.8. The molecule has 0 spiro atoms. The summed E-state index contributed by atoms with van der Waals surface area (Å²) < 4.78 is 15.9. The lowest BCUT2D eigenvalue weighted by Gasteiger charge is -2.22. The van der Waals surface area contributed by atoms with Crippen LogP contribution in [-0.2, 0) is 34.0 Å². The summed E-state index contributed by atoms with van der Waals surface area (Å²) in [7, 11) is 2.93. The number of methoxy groups -OCH3 is 2. The summed E-state index contributed by atoms with van der Waals surface area (Å²) >= 11 is 0. The van der Waals surface area contributed by atoms with E-state index >= 15 is 0 Å². The second kappa shape index (κ2) is 15.5. The van der Waals surface area contributed by atoms with Crippen LogP contribution >= 0.6 is 0 Å². The highest BCUT2D eigenvalue weighted by atomic mass is 16.5. The second-order valence-electron chi connectivity index (χ2n) is 8.40. The lowest BCUT2D eigenvalue weighted by atomic mass is 9.93. The Morgan fingerprint density at radius 3 is 1.79 bits per heavy atom. The van der Waals surface area contributed by atoms with Crippen LogP contribution in [0.4, 0.5) is 0 Å². The van der Waals surface area contributed by atoms with Gasteiger partial charge in [0.1, 0.15) is 11.5 Å². The predicted molar refractivity (Wildman–Crippen MR) is 127 cm³/mol. The number of ether oxygens (including phenoxy) is 3. The van der Waals surface area contributed by atoms with Crippen LogP contribution in [0.1, 0.15) is 87.5 Å². The highest BCUT2D eigenvalue weighted by molar-refractivity contribution is 5.74. The summed E-state index contributed by atoms with van der Waals surface area (Å²) in [5.74, 6) is 0.291. The van der Waals surface area contributed by atoms with Crippen molar-refractivity contribution < 1.29 is 34.0 Å². The number of esters is 2. The Hall–Kier alpha value is -2.38. The van der Waals surface area contributed by atoms with Crippen LogP contribution in [0.2, 0.25) is 0 Å². The molecular weight excluding hydrogens is 424 g/mol. The van der Waals surface area contributed by atoms with Gasteiger partial charge in [-0.15, -0.1) is 0 Å². The van der Waals surface area contributed by atoms with Gasteiger partial charge in [-0.1, -0.05) is 37.3 Å². The Morgan fingerprint density at radius 1 is 0.788 bits per heavy atom. The highest BCUT2D eigenvalue weighted by Gasteiger charge is 2.24. The molecule has 1 rings (SSSR count). The van der Waals surface area contributed by atoms with Crippen molar-refractivity contribution >= 4 is 11.9 Å². The first-order valence-corrected chi connectivity index (χ1v) is 11.6. The van der Waals surface area contributed by atoms with Crippen LogP contribution < -0.4 is 9.47 Å². The van der Waals surface area contributed by atoms with Gasteiger partial charge in [0.15, 0.2) is 0 Å². The summed E-state index contributed by atoms with van der Waals surface area (Å²) in [5, 5.41) is 19.9. The number of carbonyl (C=O) groups is 2. The number of benzene rings is 1. The fourth-order valence-corrected chi connectivity index (χ4v) is 3.77. The summed E-state index contributed by atoms with van der Waals surface area (Å²) in [6.45, 7) is 5.13. The van der Waals surface area contributed by atoms with Gasteiger partial charge in [0.25, 0.3) is 0 Å². The number of hydrogen-bond acceptors (Lipinski definition) is 7. The van der Waals surface area contributed by atoms with Crippen molar-refractivity contribution in [1.29, 1.82) is 0 Å². The molecule has 0 amide bonds. The zero-order chi connectivity index (χ0) is 24.8. The molecule has 7 nitrogen and oxygen atoms in total. The number of carbonyl (C=O) groups excluding carboxylic acids is 2. The summed E-state index contributed by atoms with van der Waals surface area (Å²) in [6.07, 6.45) is 8.70. The van der Waals surface area contributed by atoms with Crippen molar-refractivity contribution in [3.63, 3.8) is 0 Å². The van der Waals surface area contributed by atoms with E-state index in [1.54, 1.807) is 0 Å². The van der Waals surface area contributed by atoms with Gasteiger partial charge in [-0.25, -0.2) is 0 Å². The van der Waals surface area contributed by atoms with Crippen LogP contribution in [0.3, 0.4) is 0 Å². The van der Waals surface area contributed by atoms with Gasteiger partial charge < -0.3 is 24.4 Å². The van der Waals surface area contributed by atoms with Crippen LogP contribution in [0.5, 0.6) is 11.5 Å². The third kappa shape index (κ3) is 9.18. The summed E-state index contributed by atoms with van der Waals surface area (Å²) in [5.41, 5.74) is 3.51. The molecule has 33 heavy (non-hydrogen) atoms. The maximum atomic E-state index is 12.5. The molecule has 1 aromatic carbocycles. The second-order valence-corrected chi connectivity index (χ2v) is 8.40. The van der Waals surface area contributed by atoms with Crippen LogP contribution in [0.15, 0.2) is 11.6 Å². The zero-order valence-electron chi connectivity index (χ0n) is 20.8. The minimum absolute atomic E-state index is 0.179. The number of allylic oxidation sites excluding steroid dienone is 2. The monoisotopic (exact) mass is 464 g/mol. The molecule has 0 aromatic heterocycles. The average Bonchev–Trinajstić information content (AvgIpc) is 2.80. The Kier molecular flexibility index (Phi) is 13.4. The molecule has 0 saturated carbocycles. The molecule has 0 unspecified atom stereocenters. The van der Waals surface area contributed by atoms with Gasteiger partial charge in [-0.2, -0.15) is 0 Å². The van der Waals surface area contributed by atoms with E-state index in [1.807, 2.05) is 26.8 Å². The van der Waals surface area contributed by atoms with Crippen molar-refractivity contribution in [1.82, 2.24) is 0 Å². The van der Waals surface area contributed by atoms with Crippen molar-refractivity contribution in [2.45, 2.75) is 91.8 Å². The molecule has 186 valence electrons. The van der Waals surface area contributed by atoms with Gasteiger partial charge >= 0.3 is 11.9 Å². The molecule has 1 aromatic rings. The molecule has 0 heterocycles. The van der Waals surface area contributed by atoms with E-state index in [2.05, 4.69) is 4.74 Å². The molecule has 0 aliphatic heterocycles. The average molecular weight is 465 g/mol. The largest absolute Gasteiger partial charge is 0.496 e. The first kappa shape index (κ1) is 28.7. The number of rotatable bonds is 15. The maximum absolute atomic E-state index is 12.5. The van der Waals surface area contributed by atoms with Gasteiger partial charge in [0.05, 0.1) is 27.4 Å². The van der Waals surface area contributed by atoms with Crippen molar-refractivity contribution in [3.8, 4) is 11.5 Å². The van der Waals surface area contributed by atoms with Crippen molar-refractivity contribution in [3.05, 3.63) is 33.9 Å². The predicted octanol–water partition coefficient (Wildman–Crippen LogP) is 4.70. The first-order valence-electron chi connectivity index (χ1n) is 11.6. The molecule has 2 N–H and O–H groups in total. The minimum atomic E-state index is -0.371. The van der Waals surface area contributed by atoms with E-state index in [4.69, 9.17) is 9.47 Å². The number of aliphatic hydroxyl groups excluding tert-OH is 2. The van der Waals surface area contributed by atoms with Crippen LogP contribution in [0.25, 0.3) is 0 Å². The summed E-state index contributed by atoms with van der Waals surface area (Å²) in [6, 6.07) is 0. The normalized spacial score (nSPS) is 10.6. The molecule has 0 fully saturated rings. The number of unbranched alkanes of at least 4 members (excludes halogenated alkanes) is 5. The van der Waals surface area contributed by atoms with Crippen LogP contribution in [-0.4, -0.2) is 36.4 Å². The van der Waals surface area contributed by atoms with Crippen molar-refractivity contribution in [2.24, 2.45) is 0 Å². The minimum Gasteiger partial charge on any atom is -0.496 e. The van der Waals surface area contributed by atoms with Crippen molar-refractivity contribution in [2.75, 3.05) is 14.2 Å². The number of hydrogen-bond donors (Lipinski definition) is 2. The van der Waals surface area contributed by atoms with Gasteiger partial charge in [-0.3, -0.25) is 9.59 Å². The fraction of sp³-hybridized carbons (Fsp3) is 0.615. The molecule has 0 radical (unpaired) electrons. The smallest absolute Gasteiger partial charge is 0.311 e. The Balaban J connectivity index is 2.79. The third-order valence-electron chi connectivity index (χ3n) is 5.67. The quantitative estimate of drug-likeness (QED) is 0.168. The molecular formula is C26H40O7. The van der Waals surface area contributed by atoms with E-state index in [9.17, 15) is 19.8 Å². The van der Waals surface area contributed by atoms with E-state index in [0.717, 1.165) is 48.8 Å². The highest BCUT2D eigenvalue weighted by Crippen LogP contribution is 2.39. The molecule has 0 aliphatic carbocycles. The van der Waals surface area contributed by atoms with Gasteiger partial charge in [0.2, 0.25) is 0 Å². The lowest BCUT2D eigenvalue weighted by Crippen LogP contribution is -2.14. The van der Waals surface area contributed by atoms with Gasteiger partial charge in [0, 0.05) is 29.5 Å². The molecule has 0 aliphatic rings. The maximum Gasteiger partial charge on any atom is 0.311 e. The summed E-state index contributed by atoms with van der Waals surface area (Å²) in [4.78, 5) is 23.6. The Bertz CT molecular complexity index is 808. The van der Waals surface area contributed by atoms with E-state index in [1.165, 1.54) is 14.2 Å². The third-order valence-corrected chi connectivity index (χ3v) is 5.67. The van der Waals surface area contributed by atoms with E-state index in [0.29, 0.717) is 41.9 Å². The molecule has 0 bridgehead atoms. The lowest BCUT2D eigenvalue weighted by molar-refractivity contribution is -0.140. The Morgan fingerprint density at radius 2 is 1.30 bits per heavy atom. The zero-order valence-corrected chi connectivity index (χ0v) is 20.8. The fourth-order valence-electron chi connectivity index (χ4n) is 3.77. The van der Waals surface area contributed by atoms with E-state index in [-0.39, 0.29) is 31.6 Å². The Labute approximate surface area is 197 Å². The molecule has 0 saturated heterocycles.